The van der Waals surface area contributed by atoms with Crippen LogP contribution in [-0.4, -0.2) is 4.57 Å². The third-order valence-corrected chi connectivity index (χ3v) is 5.64. The number of rotatable bonds is 3. The average molecular weight is 419 g/mol. The first kappa shape index (κ1) is 17.0. The van der Waals surface area contributed by atoms with Gasteiger partial charge < -0.3 is 14.3 Å². The van der Waals surface area contributed by atoms with Gasteiger partial charge >= 0.3 is 5.63 Å². The van der Waals surface area contributed by atoms with Crippen LogP contribution in [0.5, 0.6) is 0 Å². The summed E-state index contributed by atoms with van der Waals surface area (Å²) in [5.74, 6) is -0.470. The first-order chi connectivity index (χ1) is 12.4. The second kappa shape index (κ2) is 6.09. The molecular weight excluding hydrogens is 403 g/mol. The van der Waals surface area contributed by atoms with Crippen LogP contribution in [0.4, 0.5) is 15.8 Å². The van der Waals surface area contributed by atoms with Crippen LogP contribution in [0.25, 0.3) is 11.0 Å². The molecule has 2 heterocycles. The molecular formula is C19H16BrFN2O3. The van der Waals surface area contributed by atoms with Crippen molar-refractivity contribution in [2.45, 2.75) is 32.7 Å². The van der Waals surface area contributed by atoms with E-state index in [1.165, 1.54) is 6.07 Å². The van der Waals surface area contributed by atoms with E-state index >= 15 is 0 Å². The average Bonchev–Trinajstić information content (AvgIpc) is 3.43. The van der Waals surface area contributed by atoms with Crippen LogP contribution < -0.4 is 16.5 Å². The highest BCUT2D eigenvalue weighted by atomic mass is 79.9. The van der Waals surface area contributed by atoms with E-state index < -0.39 is 11.4 Å². The van der Waals surface area contributed by atoms with Crippen molar-refractivity contribution in [1.29, 1.82) is 0 Å². The van der Waals surface area contributed by atoms with Crippen LogP contribution in [0.15, 0.2) is 42.7 Å². The maximum absolute atomic E-state index is 14.1. The molecule has 1 N–H and O–H groups in total. The number of anilines is 2. The lowest BCUT2D eigenvalue weighted by Crippen LogP contribution is -2.24. The van der Waals surface area contributed by atoms with E-state index in [1.54, 1.807) is 29.7 Å². The summed E-state index contributed by atoms with van der Waals surface area (Å²) in [6.07, 6.45) is 1.87. The number of para-hydroxylation sites is 1. The largest absolute Gasteiger partial charge is 0.421 e. The summed E-state index contributed by atoms with van der Waals surface area (Å²) in [6, 6.07) is 6.27. The third-order valence-electron chi connectivity index (χ3n) is 4.71. The lowest BCUT2D eigenvalue weighted by atomic mass is 10.1. The predicted molar refractivity (Wildman–Crippen MR) is 102 cm³/mol. The Morgan fingerprint density at radius 1 is 1.23 bits per heavy atom. The summed E-state index contributed by atoms with van der Waals surface area (Å²) in [4.78, 5) is 25.5. The summed E-state index contributed by atoms with van der Waals surface area (Å²) in [7, 11) is 0. The Hall–Kier alpha value is -2.41. The Bertz CT molecular complexity index is 1160. The van der Waals surface area contributed by atoms with Gasteiger partial charge in [0.2, 0.25) is 0 Å². The lowest BCUT2D eigenvalue weighted by molar-refractivity contribution is 0.549. The van der Waals surface area contributed by atoms with E-state index in [-0.39, 0.29) is 39.5 Å². The molecule has 4 rings (SSSR count). The fraction of sp³-hybridized carbons (Fsp3) is 0.263. The van der Waals surface area contributed by atoms with Crippen LogP contribution in [-0.2, 0) is 0 Å². The number of nitrogens with one attached hydrogen (secondary N) is 1. The van der Waals surface area contributed by atoms with Gasteiger partial charge in [0.05, 0.1) is 21.4 Å². The van der Waals surface area contributed by atoms with Gasteiger partial charge in [0.1, 0.15) is 11.2 Å². The van der Waals surface area contributed by atoms with Crippen molar-refractivity contribution in [3.05, 3.63) is 66.6 Å². The maximum Gasteiger partial charge on any atom is 0.341 e. The molecule has 134 valence electrons. The number of nitrogens with zero attached hydrogens (tertiary/aromatic N) is 1. The second-order valence-corrected chi connectivity index (χ2v) is 7.30. The summed E-state index contributed by atoms with van der Waals surface area (Å²) in [5.41, 5.74) is 0.788. The van der Waals surface area contributed by atoms with E-state index in [4.69, 9.17) is 4.42 Å². The fourth-order valence-electron chi connectivity index (χ4n) is 3.15. The van der Waals surface area contributed by atoms with Gasteiger partial charge in [0.15, 0.2) is 5.58 Å². The third kappa shape index (κ3) is 2.58. The lowest BCUT2D eigenvalue weighted by Gasteiger charge is -2.17. The zero-order chi connectivity index (χ0) is 18.6. The zero-order valence-electron chi connectivity index (χ0n) is 14.2. The molecule has 0 radical (unpaired) electrons. The van der Waals surface area contributed by atoms with Gasteiger partial charge in [0.25, 0.3) is 5.56 Å². The molecule has 0 bridgehead atoms. The summed E-state index contributed by atoms with van der Waals surface area (Å²) >= 11 is 3.46. The Morgan fingerprint density at radius 2 is 1.92 bits per heavy atom. The van der Waals surface area contributed by atoms with E-state index in [1.807, 2.05) is 6.92 Å². The summed E-state index contributed by atoms with van der Waals surface area (Å²) in [5, 5.41) is 3.17. The van der Waals surface area contributed by atoms with Crippen molar-refractivity contribution in [3.63, 3.8) is 0 Å². The molecule has 1 saturated carbocycles. The minimum absolute atomic E-state index is 0.150. The predicted octanol–water partition coefficient (Wildman–Crippen LogP) is 4.55. The first-order valence-corrected chi connectivity index (χ1v) is 9.09. The van der Waals surface area contributed by atoms with E-state index in [0.29, 0.717) is 10.2 Å². The zero-order valence-corrected chi connectivity index (χ0v) is 15.8. The van der Waals surface area contributed by atoms with Gasteiger partial charge in [0, 0.05) is 11.7 Å². The minimum atomic E-state index is -0.569. The number of pyridine rings is 1. The van der Waals surface area contributed by atoms with E-state index in [9.17, 15) is 14.0 Å². The van der Waals surface area contributed by atoms with Gasteiger partial charge in [-0.3, -0.25) is 4.79 Å². The SMILES string of the molecule is Cc1c(Nc2ccccc2F)c2c(=O)n(C3CC3)c(C)c(Br)c2oc1=O. The molecule has 0 unspecified atom stereocenters. The van der Waals surface area contributed by atoms with Crippen LogP contribution in [0.1, 0.15) is 30.1 Å². The highest BCUT2D eigenvalue weighted by Crippen LogP contribution is 2.39. The van der Waals surface area contributed by atoms with Crippen molar-refractivity contribution in [3.8, 4) is 0 Å². The van der Waals surface area contributed by atoms with Crippen molar-refractivity contribution in [2.24, 2.45) is 0 Å². The highest BCUT2D eigenvalue weighted by Gasteiger charge is 2.30. The molecule has 5 nitrogen and oxygen atoms in total. The quantitative estimate of drug-likeness (QED) is 0.677. The molecule has 1 aliphatic carbocycles. The number of hydrogen-bond acceptors (Lipinski definition) is 4. The van der Waals surface area contributed by atoms with Gasteiger partial charge in [-0.15, -0.1) is 0 Å². The van der Waals surface area contributed by atoms with Gasteiger partial charge in [-0.2, -0.15) is 0 Å². The number of fused-ring (bicyclic) bond motifs is 1. The highest BCUT2D eigenvalue weighted by molar-refractivity contribution is 9.10. The monoisotopic (exact) mass is 418 g/mol. The summed E-state index contributed by atoms with van der Waals surface area (Å²) in [6.45, 7) is 3.37. The number of benzene rings is 1. The molecule has 1 aliphatic rings. The Balaban J connectivity index is 2.08. The Kier molecular flexibility index (Phi) is 3.99. The maximum atomic E-state index is 14.1. The van der Waals surface area contributed by atoms with Crippen LogP contribution >= 0.6 is 15.9 Å². The topological polar surface area (TPSA) is 64.2 Å². The van der Waals surface area contributed by atoms with Crippen LogP contribution in [0, 0.1) is 19.7 Å². The van der Waals surface area contributed by atoms with Crippen molar-refractivity contribution < 1.29 is 8.81 Å². The normalized spacial score (nSPS) is 14.0. The fourth-order valence-corrected chi connectivity index (χ4v) is 3.62. The Morgan fingerprint density at radius 3 is 2.58 bits per heavy atom. The van der Waals surface area contributed by atoms with Crippen molar-refractivity contribution in [1.82, 2.24) is 4.57 Å². The van der Waals surface area contributed by atoms with Crippen LogP contribution in [0.2, 0.25) is 0 Å². The summed E-state index contributed by atoms with van der Waals surface area (Å²) < 4.78 is 21.8. The molecule has 1 fully saturated rings. The van der Waals surface area contributed by atoms with Crippen LogP contribution in [0.3, 0.4) is 0 Å². The molecule has 0 amide bonds. The molecule has 7 heteroatoms. The van der Waals surface area contributed by atoms with Gasteiger partial charge in [-0.05, 0) is 54.8 Å². The minimum Gasteiger partial charge on any atom is -0.421 e. The van der Waals surface area contributed by atoms with Crippen molar-refractivity contribution in [2.75, 3.05) is 5.32 Å². The number of aromatic nitrogens is 1. The molecule has 3 aromatic rings. The number of halogens is 2. The molecule has 0 spiro atoms. The van der Waals surface area contributed by atoms with Crippen molar-refractivity contribution >= 4 is 38.3 Å². The van der Waals surface area contributed by atoms with E-state index in [0.717, 1.165) is 12.8 Å². The van der Waals surface area contributed by atoms with E-state index in [2.05, 4.69) is 21.2 Å². The molecule has 0 saturated heterocycles. The standard InChI is InChI=1S/C19H16BrFN2O3/c1-9-16(22-13-6-4-3-5-12(13)21)14-17(26-19(9)25)15(20)10(2)23(18(14)24)11-7-8-11/h3-6,11,22H,7-8H2,1-2H3. The molecule has 2 aromatic heterocycles. The van der Waals surface area contributed by atoms with Gasteiger partial charge in [-0.25, -0.2) is 9.18 Å². The molecule has 1 aromatic carbocycles. The molecule has 0 aliphatic heterocycles. The smallest absolute Gasteiger partial charge is 0.341 e. The second-order valence-electron chi connectivity index (χ2n) is 6.50. The first-order valence-electron chi connectivity index (χ1n) is 8.29. The Labute approximate surface area is 156 Å². The van der Waals surface area contributed by atoms with Gasteiger partial charge in [-0.1, -0.05) is 12.1 Å². The molecule has 26 heavy (non-hydrogen) atoms. The number of hydrogen-bond donors (Lipinski definition) is 1. The molecule has 0 atom stereocenters.